The Morgan fingerprint density at radius 2 is 2.16 bits per heavy atom. The summed E-state index contributed by atoms with van der Waals surface area (Å²) in [4.78, 5) is 23.1. The number of carboxylic acids is 1. The van der Waals surface area contributed by atoms with Gasteiger partial charge in [-0.2, -0.15) is 0 Å². The Morgan fingerprint density at radius 1 is 1.47 bits per heavy atom. The normalized spacial score (nSPS) is 11.5. The Bertz CT molecular complexity index is 575. The van der Waals surface area contributed by atoms with Crippen LogP contribution in [0.2, 0.25) is 4.34 Å². The lowest BCUT2D eigenvalue weighted by Crippen LogP contribution is -2.24. The Balaban J connectivity index is 2.92. The van der Waals surface area contributed by atoms with Crippen molar-refractivity contribution in [3.8, 4) is 0 Å². The minimum atomic E-state index is -1.24. The third kappa shape index (κ3) is 4.27. The van der Waals surface area contributed by atoms with Gasteiger partial charge in [-0.05, 0) is 30.5 Å². The molecule has 1 aromatic rings. The molecule has 0 aliphatic heterocycles. The molecule has 1 heterocycles. The van der Waals surface area contributed by atoms with Crippen molar-refractivity contribution in [3.05, 3.63) is 57.5 Å². The fraction of sp³-hybridized carbons (Fsp3) is 0. The number of amides is 1. The zero-order valence-electron chi connectivity index (χ0n) is 9.72. The van der Waals surface area contributed by atoms with E-state index in [-0.39, 0.29) is 11.3 Å². The second-order valence-corrected chi connectivity index (χ2v) is 5.02. The minimum Gasteiger partial charge on any atom is -0.478 e. The van der Waals surface area contributed by atoms with Gasteiger partial charge in [-0.1, -0.05) is 18.2 Å². The fourth-order valence-corrected chi connectivity index (χ4v) is 2.04. The number of aliphatic carboxylic acids is 1. The summed E-state index contributed by atoms with van der Waals surface area (Å²) < 4.78 is 0.467. The molecule has 1 aromatic heterocycles. The third-order valence-electron chi connectivity index (χ3n) is 2.00. The molecule has 0 aliphatic rings. The quantitative estimate of drug-likeness (QED) is 0.573. The number of nitrogens with one attached hydrogen (secondary N) is 1. The Morgan fingerprint density at radius 3 is 2.63 bits per heavy atom. The molecule has 0 aliphatic carbocycles. The second kappa shape index (κ2) is 6.77. The van der Waals surface area contributed by atoms with Crippen LogP contribution in [0.4, 0.5) is 0 Å². The second-order valence-electron chi connectivity index (χ2n) is 3.31. The highest BCUT2D eigenvalue weighted by Gasteiger charge is 2.15. The number of rotatable bonds is 5. The number of hydrogen-bond donors (Lipinski definition) is 3. The molecule has 7 heteroatoms. The van der Waals surface area contributed by atoms with Crippen molar-refractivity contribution in [2.75, 3.05) is 0 Å². The molecule has 0 saturated carbocycles. The number of allylic oxidation sites excluding steroid dienone is 2. The van der Waals surface area contributed by atoms with E-state index in [1.165, 1.54) is 18.4 Å². The van der Waals surface area contributed by atoms with Gasteiger partial charge in [0.15, 0.2) is 0 Å². The molecule has 0 bridgehead atoms. The van der Waals surface area contributed by atoms with Crippen LogP contribution in [0.3, 0.4) is 0 Å². The van der Waals surface area contributed by atoms with E-state index in [4.69, 9.17) is 22.4 Å². The summed E-state index contributed by atoms with van der Waals surface area (Å²) >= 11 is 6.81. The molecule has 0 atom stereocenters. The number of nitrogens with two attached hydrogens (primary N) is 1. The number of carboxylic acid groups (broad SMARTS) is 1. The van der Waals surface area contributed by atoms with Crippen molar-refractivity contribution in [2.24, 2.45) is 5.73 Å². The van der Waals surface area contributed by atoms with Gasteiger partial charge in [-0.3, -0.25) is 4.79 Å². The first-order chi connectivity index (χ1) is 8.95. The Kier molecular flexibility index (Phi) is 5.35. The maximum absolute atomic E-state index is 11.9. The van der Waals surface area contributed by atoms with Crippen LogP contribution >= 0.6 is 22.9 Å². The third-order valence-corrected chi connectivity index (χ3v) is 3.23. The van der Waals surface area contributed by atoms with E-state index in [9.17, 15) is 9.59 Å². The van der Waals surface area contributed by atoms with Crippen molar-refractivity contribution >= 4 is 34.8 Å². The summed E-state index contributed by atoms with van der Waals surface area (Å²) in [6.07, 6.45) is 3.96. The first kappa shape index (κ1) is 15.0. The highest BCUT2D eigenvalue weighted by atomic mass is 35.5. The van der Waals surface area contributed by atoms with E-state index >= 15 is 0 Å². The Labute approximate surface area is 118 Å². The summed E-state index contributed by atoms with van der Waals surface area (Å²) in [5.74, 6) is -1.70. The number of carbonyl (C=O) groups is 2. The Hall–Kier alpha value is -2.05. The van der Waals surface area contributed by atoms with E-state index in [1.54, 1.807) is 12.1 Å². The van der Waals surface area contributed by atoms with Crippen molar-refractivity contribution in [1.82, 2.24) is 5.32 Å². The molecule has 0 aromatic carbocycles. The fourth-order valence-electron chi connectivity index (χ4n) is 1.10. The van der Waals surface area contributed by atoms with Crippen LogP contribution in [0, 0.1) is 0 Å². The molecule has 0 fully saturated rings. The first-order valence-electron chi connectivity index (χ1n) is 5.03. The maximum Gasteiger partial charge on any atom is 0.337 e. The summed E-state index contributed by atoms with van der Waals surface area (Å²) in [6, 6.07) is 3.12. The molecule has 100 valence electrons. The average molecular weight is 299 g/mol. The van der Waals surface area contributed by atoms with Gasteiger partial charge in [0.05, 0.1) is 20.5 Å². The molecule has 1 amide bonds. The van der Waals surface area contributed by atoms with Gasteiger partial charge in [0.2, 0.25) is 0 Å². The highest BCUT2D eigenvalue weighted by molar-refractivity contribution is 7.18. The van der Waals surface area contributed by atoms with Gasteiger partial charge in [0, 0.05) is 0 Å². The van der Waals surface area contributed by atoms with E-state index in [0.717, 1.165) is 11.3 Å². The molecule has 0 saturated heterocycles. The number of carbonyl (C=O) groups excluding carboxylic acids is 1. The monoisotopic (exact) mass is 298 g/mol. The van der Waals surface area contributed by atoms with Crippen LogP contribution < -0.4 is 11.1 Å². The SMILES string of the molecule is C=C(C(=O)O)/C(=C\C=C/N)NC(=O)c1ccc(Cl)s1. The van der Waals surface area contributed by atoms with Crippen LogP contribution in [0.15, 0.2) is 48.3 Å². The molecule has 0 spiro atoms. The molecule has 1 rings (SSSR count). The van der Waals surface area contributed by atoms with Gasteiger partial charge in [-0.25, -0.2) is 4.79 Å². The predicted molar refractivity (Wildman–Crippen MR) is 75.0 cm³/mol. The zero-order chi connectivity index (χ0) is 14.4. The minimum absolute atomic E-state index is 0.0590. The molecule has 0 radical (unpaired) electrons. The number of hydrogen-bond acceptors (Lipinski definition) is 4. The van der Waals surface area contributed by atoms with Gasteiger partial charge in [0.1, 0.15) is 0 Å². The lowest BCUT2D eigenvalue weighted by molar-refractivity contribution is -0.132. The summed E-state index contributed by atoms with van der Waals surface area (Å²) in [7, 11) is 0. The number of halogens is 1. The van der Waals surface area contributed by atoms with Crippen molar-refractivity contribution in [2.45, 2.75) is 0 Å². The van der Waals surface area contributed by atoms with E-state index in [0.29, 0.717) is 9.21 Å². The van der Waals surface area contributed by atoms with Gasteiger partial charge in [0.25, 0.3) is 5.91 Å². The molecule has 4 N–H and O–H groups in total. The molecular formula is C12H11ClN2O3S. The van der Waals surface area contributed by atoms with Crippen molar-refractivity contribution in [3.63, 3.8) is 0 Å². The van der Waals surface area contributed by atoms with Crippen molar-refractivity contribution in [1.29, 1.82) is 0 Å². The molecular weight excluding hydrogens is 288 g/mol. The predicted octanol–water partition coefficient (Wildman–Crippen LogP) is 2.13. The lowest BCUT2D eigenvalue weighted by atomic mass is 10.2. The van der Waals surface area contributed by atoms with Gasteiger partial charge < -0.3 is 16.2 Å². The number of thiophene rings is 1. The van der Waals surface area contributed by atoms with Crippen LogP contribution in [0.25, 0.3) is 0 Å². The van der Waals surface area contributed by atoms with Crippen LogP contribution in [0.5, 0.6) is 0 Å². The highest BCUT2D eigenvalue weighted by Crippen LogP contribution is 2.21. The molecule has 19 heavy (non-hydrogen) atoms. The standard InChI is InChI=1S/C12H11ClN2O3S/c1-7(12(17)18)8(3-2-6-14)15-11(16)9-4-5-10(13)19-9/h2-6H,1,14H2,(H,15,16)(H,17,18)/b6-2-,8-3+. The van der Waals surface area contributed by atoms with Gasteiger partial charge in [-0.15, -0.1) is 11.3 Å². The average Bonchev–Trinajstić information content (AvgIpc) is 2.80. The topological polar surface area (TPSA) is 92.4 Å². The van der Waals surface area contributed by atoms with Crippen LogP contribution in [-0.2, 0) is 4.79 Å². The van der Waals surface area contributed by atoms with Crippen LogP contribution in [0.1, 0.15) is 9.67 Å². The van der Waals surface area contributed by atoms with E-state index in [2.05, 4.69) is 11.9 Å². The maximum atomic E-state index is 11.9. The summed E-state index contributed by atoms with van der Waals surface area (Å²) in [5, 5.41) is 11.3. The van der Waals surface area contributed by atoms with E-state index in [1.807, 2.05) is 0 Å². The zero-order valence-corrected chi connectivity index (χ0v) is 11.3. The first-order valence-corrected chi connectivity index (χ1v) is 6.23. The van der Waals surface area contributed by atoms with Gasteiger partial charge >= 0.3 is 5.97 Å². The van der Waals surface area contributed by atoms with Crippen molar-refractivity contribution < 1.29 is 14.7 Å². The lowest BCUT2D eigenvalue weighted by Gasteiger charge is -2.08. The molecule has 0 unspecified atom stereocenters. The smallest absolute Gasteiger partial charge is 0.337 e. The molecule has 5 nitrogen and oxygen atoms in total. The largest absolute Gasteiger partial charge is 0.478 e. The summed E-state index contributed by atoms with van der Waals surface area (Å²) in [5.41, 5.74) is 4.99. The van der Waals surface area contributed by atoms with E-state index < -0.39 is 11.9 Å². The van der Waals surface area contributed by atoms with Crippen LogP contribution in [-0.4, -0.2) is 17.0 Å². The summed E-state index contributed by atoms with van der Waals surface area (Å²) in [6.45, 7) is 3.38.